The number of nitrogens with one attached hydrogen (secondary N) is 1. The summed E-state index contributed by atoms with van der Waals surface area (Å²) >= 11 is 6.08. The van der Waals surface area contributed by atoms with Crippen LogP contribution in [0.2, 0.25) is 5.02 Å². The first-order valence-corrected chi connectivity index (χ1v) is 6.06. The van der Waals surface area contributed by atoms with Gasteiger partial charge in [-0.05, 0) is 25.1 Å². The molecule has 1 aromatic carbocycles. The number of aromatic nitrogens is 2. The van der Waals surface area contributed by atoms with E-state index >= 15 is 0 Å². The Hall–Kier alpha value is -1.68. The summed E-state index contributed by atoms with van der Waals surface area (Å²) in [6.07, 6.45) is 3.84. The summed E-state index contributed by atoms with van der Waals surface area (Å²) in [6, 6.07) is 5.81. The molecule has 2 aromatic rings. The van der Waals surface area contributed by atoms with Crippen LogP contribution >= 0.6 is 11.6 Å². The first-order chi connectivity index (χ1) is 8.60. The highest BCUT2D eigenvalue weighted by Crippen LogP contribution is 2.29. The van der Waals surface area contributed by atoms with Crippen molar-refractivity contribution in [3.63, 3.8) is 0 Å². The van der Waals surface area contributed by atoms with Gasteiger partial charge in [0.25, 0.3) is 0 Å². The Kier molecular flexibility index (Phi) is 3.77. The summed E-state index contributed by atoms with van der Waals surface area (Å²) in [4.78, 5) is 0. The summed E-state index contributed by atoms with van der Waals surface area (Å²) in [7, 11) is 3.51. The third kappa shape index (κ3) is 2.76. The molecule has 5 heteroatoms. The molecule has 0 aliphatic rings. The standard InChI is InChI=1S/C13H16ClN3O/c1-9(10-7-15-17(2)8-10)16-11-4-5-13(18-3)12(14)6-11/h4-9,16H,1-3H3. The molecule has 0 bridgehead atoms. The van der Waals surface area contributed by atoms with Crippen molar-refractivity contribution in [3.8, 4) is 5.75 Å². The number of hydrogen-bond acceptors (Lipinski definition) is 3. The van der Waals surface area contributed by atoms with E-state index in [1.54, 1.807) is 11.8 Å². The molecule has 96 valence electrons. The van der Waals surface area contributed by atoms with Gasteiger partial charge in [0.2, 0.25) is 0 Å². The quantitative estimate of drug-likeness (QED) is 0.922. The molecule has 1 aromatic heterocycles. The van der Waals surface area contributed by atoms with Gasteiger partial charge in [-0.2, -0.15) is 5.10 Å². The van der Waals surface area contributed by atoms with Crippen LogP contribution in [0.1, 0.15) is 18.5 Å². The number of methoxy groups -OCH3 is 1. The second-order valence-corrected chi connectivity index (χ2v) is 4.57. The molecule has 0 fully saturated rings. The van der Waals surface area contributed by atoms with Crippen LogP contribution in [0.4, 0.5) is 5.69 Å². The number of rotatable bonds is 4. The molecule has 0 aliphatic heterocycles. The number of anilines is 1. The van der Waals surface area contributed by atoms with Crippen LogP contribution in [0.25, 0.3) is 0 Å². The summed E-state index contributed by atoms with van der Waals surface area (Å²) < 4.78 is 6.91. The molecule has 1 unspecified atom stereocenters. The Morgan fingerprint density at radius 3 is 2.78 bits per heavy atom. The molecule has 0 saturated carbocycles. The minimum Gasteiger partial charge on any atom is -0.495 e. The van der Waals surface area contributed by atoms with E-state index < -0.39 is 0 Å². The number of ether oxygens (including phenoxy) is 1. The highest BCUT2D eigenvalue weighted by molar-refractivity contribution is 6.32. The minimum atomic E-state index is 0.170. The molecule has 0 saturated heterocycles. The normalized spacial score (nSPS) is 12.2. The van der Waals surface area contributed by atoms with Gasteiger partial charge in [0.15, 0.2) is 0 Å². The third-order valence-electron chi connectivity index (χ3n) is 2.76. The van der Waals surface area contributed by atoms with E-state index in [4.69, 9.17) is 16.3 Å². The Morgan fingerprint density at radius 2 is 2.22 bits per heavy atom. The zero-order valence-corrected chi connectivity index (χ0v) is 11.4. The lowest BCUT2D eigenvalue weighted by molar-refractivity contribution is 0.415. The lowest BCUT2D eigenvalue weighted by Gasteiger charge is -2.14. The second-order valence-electron chi connectivity index (χ2n) is 4.16. The molecule has 2 rings (SSSR count). The number of halogens is 1. The summed E-state index contributed by atoms with van der Waals surface area (Å²) in [5, 5.41) is 8.12. The van der Waals surface area contributed by atoms with Crippen molar-refractivity contribution in [2.75, 3.05) is 12.4 Å². The van der Waals surface area contributed by atoms with Gasteiger partial charge in [0.05, 0.1) is 24.4 Å². The van der Waals surface area contributed by atoms with Crippen molar-refractivity contribution >= 4 is 17.3 Å². The topological polar surface area (TPSA) is 39.1 Å². The molecule has 1 atom stereocenters. The Balaban J connectivity index is 2.12. The lowest BCUT2D eigenvalue weighted by Crippen LogP contribution is -2.05. The number of nitrogens with zero attached hydrogens (tertiary/aromatic N) is 2. The Morgan fingerprint density at radius 1 is 1.44 bits per heavy atom. The number of benzene rings is 1. The molecule has 1 N–H and O–H groups in total. The van der Waals surface area contributed by atoms with Gasteiger partial charge in [-0.1, -0.05) is 11.6 Å². The first-order valence-electron chi connectivity index (χ1n) is 5.69. The van der Waals surface area contributed by atoms with Crippen molar-refractivity contribution in [2.24, 2.45) is 7.05 Å². The Bertz CT molecular complexity index is 539. The maximum absolute atomic E-state index is 6.08. The average Bonchev–Trinajstić information content (AvgIpc) is 2.76. The van der Waals surface area contributed by atoms with Crippen molar-refractivity contribution in [1.29, 1.82) is 0 Å². The maximum Gasteiger partial charge on any atom is 0.137 e. The number of aryl methyl sites for hydroxylation is 1. The zero-order chi connectivity index (χ0) is 13.1. The van der Waals surface area contributed by atoms with E-state index in [0.717, 1.165) is 11.3 Å². The molecule has 1 heterocycles. The molecular weight excluding hydrogens is 250 g/mol. The van der Waals surface area contributed by atoms with Crippen LogP contribution in [0.5, 0.6) is 5.75 Å². The summed E-state index contributed by atoms with van der Waals surface area (Å²) in [5.41, 5.74) is 2.08. The molecule has 0 amide bonds. The van der Waals surface area contributed by atoms with Crippen LogP contribution < -0.4 is 10.1 Å². The van der Waals surface area contributed by atoms with Crippen LogP contribution in [0, 0.1) is 0 Å². The summed E-state index contributed by atoms with van der Waals surface area (Å²) in [5.74, 6) is 0.677. The highest BCUT2D eigenvalue weighted by atomic mass is 35.5. The van der Waals surface area contributed by atoms with Gasteiger partial charge in [-0.25, -0.2) is 0 Å². The fourth-order valence-corrected chi connectivity index (χ4v) is 2.01. The van der Waals surface area contributed by atoms with Crippen molar-refractivity contribution in [1.82, 2.24) is 9.78 Å². The Labute approximate surface area is 112 Å². The predicted octanol–water partition coefficient (Wildman–Crippen LogP) is 3.26. The maximum atomic E-state index is 6.08. The van der Waals surface area contributed by atoms with E-state index in [2.05, 4.69) is 17.3 Å². The zero-order valence-electron chi connectivity index (χ0n) is 10.6. The molecule has 4 nitrogen and oxygen atoms in total. The summed E-state index contributed by atoms with van der Waals surface area (Å²) in [6.45, 7) is 2.08. The first kappa shape index (κ1) is 12.8. The van der Waals surface area contributed by atoms with Gasteiger partial charge in [0.1, 0.15) is 5.75 Å². The SMILES string of the molecule is COc1ccc(NC(C)c2cnn(C)c2)cc1Cl. The van der Waals surface area contributed by atoms with Gasteiger partial charge in [-0.3, -0.25) is 4.68 Å². The fraction of sp³-hybridized carbons (Fsp3) is 0.308. The van der Waals surface area contributed by atoms with E-state index in [-0.39, 0.29) is 6.04 Å². The van der Waals surface area contributed by atoms with E-state index in [0.29, 0.717) is 10.8 Å². The number of hydrogen-bond donors (Lipinski definition) is 1. The van der Waals surface area contributed by atoms with Crippen molar-refractivity contribution in [3.05, 3.63) is 41.2 Å². The predicted molar refractivity (Wildman–Crippen MR) is 73.2 cm³/mol. The van der Waals surface area contributed by atoms with Crippen molar-refractivity contribution < 1.29 is 4.74 Å². The van der Waals surface area contributed by atoms with Gasteiger partial charge in [-0.15, -0.1) is 0 Å². The second kappa shape index (κ2) is 5.31. The third-order valence-corrected chi connectivity index (χ3v) is 3.06. The van der Waals surface area contributed by atoms with E-state index in [9.17, 15) is 0 Å². The van der Waals surface area contributed by atoms with E-state index in [1.807, 2.05) is 37.6 Å². The molecule has 18 heavy (non-hydrogen) atoms. The molecule has 0 spiro atoms. The smallest absolute Gasteiger partial charge is 0.137 e. The van der Waals surface area contributed by atoms with Gasteiger partial charge < -0.3 is 10.1 Å². The molecule has 0 aliphatic carbocycles. The van der Waals surface area contributed by atoms with Crippen LogP contribution in [-0.2, 0) is 7.05 Å². The fourth-order valence-electron chi connectivity index (χ4n) is 1.75. The minimum absolute atomic E-state index is 0.170. The van der Waals surface area contributed by atoms with E-state index in [1.165, 1.54) is 0 Å². The highest BCUT2D eigenvalue weighted by Gasteiger charge is 2.08. The van der Waals surface area contributed by atoms with Crippen LogP contribution in [0.15, 0.2) is 30.6 Å². The monoisotopic (exact) mass is 265 g/mol. The largest absolute Gasteiger partial charge is 0.495 e. The lowest BCUT2D eigenvalue weighted by atomic mass is 10.2. The van der Waals surface area contributed by atoms with Crippen LogP contribution in [-0.4, -0.2) is 16.9 Å². The van der Waals surface area contributed by atoms with Gasteiger partial charge >= 0.3 is 0 Å². The van der Waals surface area contributed by atoms with Gasteiger partial charge in [0, 0.05) is 24.5 Å². The molecule has 0 radical (unpaired) electrons. The van der Waals surface area contributed by atoms with Crippen LogP contribution in [0.3, 0.4) is 0 Å². The average molecular weight is 266 g/mol. The van der Waals surface area contributed by atoms with Crippen molar-refractivity contribution in [2.45, 2.75) is 13.0 Å². The molecular formula is C13H16ClN3O.